The van der Waals surface area contributed by atoms with Crippen LogP contribution in [0.2, 0.25) is 0 Å². The fourth-order valence-corrected chi connectivity index (χ4v) is 2.37. The van der Waals surface area contributed by atoms with E-state index in [1.807, 2.05) is 25.1 Å². The molecule has 0 aliphatic rings. The van der Waals surface area contributed by atoms with E-state index in [1.54, 1.807) is 42.6 Å². The molecule has 0 spiro atoms. The normalized spacial score (nSPS) is 10.3. The fraction of sp³-hybridized carbons (Fsp3) is 0.105. The molecule has 2 aromatic carbocycles. The molecule has 0 aliphatic heterocycles. The van der Waals surface area contributed by atoms with Gasteiger partial charge in [-0.2, -0.15) is 0 Å². The molecule has 0 aliphatic carbocycles. The Morgan fingerprint density at radius 2 is 1.68 bits per heavy atom. The van der Waals surface area contributed by atoms with E-state index in [4.69, 9.17) is 4.74 Å². The smallest absolute Gasteiger partial charge is 0.314 e. The number of nitrogens with zero attached hydrogens (tertiary/aromatic N) is 1. The lowest BCUT2D eigenvalue weighted by atomic mass is 10.2. The molecule has 0 saturated heterocycles. The average molecular weight is 335 g/mol. The number of carbonyl (C=O) groups excluding carboxylic acids is 2. The number of carbonyl (C=O) groups is 2. The zero-order valence-electron chi connectivity index (χ0n) is 13.7. The van der Waals surface area contributed by atoms with Crippen molar-refractivity contribution >= 4 is 34.1 Å². The third kappa shape index (κ3) is 3.92. The zero-order valence-corrected chi connectivity index (χ0v) is 13.7. The predicted molar refractivity (Wildman–Crippen MR) is 96.6 cm³/mol. The van der Waals surface area contributed by atoms with Gasteiger partial charge in [-0.15, -0.1) is 0 Å². The molecule has 0 radical (unpaired) electrons. The maximum atomic E-state index is 12.2. The van der Waals surface area contributed by atoms with Gasteiger partial charge in [0.1, 0.15) is 5.75 Å². The van der Waals surface area contributed by atoms with Gasteiger partial charge in [0.05, 0.1) is 17.8 Å². The van der Waals surface area contributed by atoms with Gasteiger partial charge in [-0.05, 0) is 43.3 Å². The van der Waals surface area contributed by atoms with Crippen molar-refractivity contribution in [1.29, 1.82) is 0 Å². The van der Waals surface area contributed by atoms with Crippen molar-refractivity contribution in [2.45, 2.75) is 6.92 Å². The third-order valence-corrected chi connectivity index (χ3v) is 3.51. The second-order valence-corrected chi connectivity index (χ2v) is 5.25. The molecule has 2 amide bonds. The van der Waals surface area contributed by atoms with Crippen molar-refractivity contribution in [2.24, 2.45) is 0 Å². The number of hydrogen-bond acceptors (Lipinski definition) is 4. The first-order chi connectivity index (χ1) is 12.2. The molecule has 6 heteroatoms. The molecule has 0 saturated carbocycles. The first-order valence-corrected chi connectivity index (χ1v) is 7.86. The fourth-order valence-electron chi connectivity index (χ4n) is 2.37. The molecule has 1 aromatic heterocycles. The number of anilines is 2. The number of amides is 2. The Morgan fingerprint density at radius 3 is 2.44 bits per heavy atom. The number of nitrogens with one attached hydrogen (secondary N) is 2. The van der Waals surface area contributed by atoms with Crippen molar-refractivity contribution < 1.29 is 14.3 Å². The first-order valence-electron chi connectivity index (χ1n) is 7.86. The summed E-state index contributed by atoms with van der Waals surface area (Å²) in [6.07, 6.45) is 1.64. The third-order valence-electron chi connectivity index (χ3n) is 3.51. The Morgan fingerprint density at radius 1 is 0.960 bits per heavy atom. The molecule has 6 nitrogen and oxygen atoms in total. The Bertz CT molecular complexity index is 902. The maximum absolute atomic E-state index is 12.2. The molecule has 25 heavy (non-hydrogen) atoms. The monoisotopic (exact) mass is 335 g/mol. The SMILES string of the molecule is CCOc1ccc(NC(=O)C(=O)Nc2cccc3cccnc23)cc1. The lowest BCUT2D eigenvalue weighted by molar-refractivity contribution is -0.132. The van der Waals surface area contributed by atoms with E-state index in [0.29, 0.717) is 29.2 Å². The van der Waals surface area contributed by atoms with Crippen molar-refractivity contribution in [1.82, 2.24) is 4.98 Å². The highest BCUT2D eigenvalue weighted by Crippen LogP contribution is 2.21. The van der Waals surface area contributed by atoms with E-state index < -0.39 is 11.8 Å². The number of para-hydroxylation sites is 1. The van der Waals surface area contributed by atoms with E-state index in [2.05, 4.69) is 15.6 Å². The molecule has 0 unspecified atom stereocenters. The summed E-state index contributed by atoms with van der Waals surface area (Å²) < 4.78 is 5.33. The van der Waals surface area contributed by atoms with E-state index in [9.17, 15) is 9.59 Å². The summed E-state index contributed by atoms with van der Waals surface area (Å²) in [6, 6.07) is 15.9. The van der Waals surface area contributed by atoms with Gasteiger partial charge in [0.25, 0.3) is 0 Å². The van der Waals surface area contributed by atoms with Crippen molar-refractivity contribution in [2.75, 3.05) is 17.2 Å². The summed E-state index contributed by atoms with van der Waals surface area (Å²) in [5.41, 5.74) is 1.64. The lowest BCUT2D eigenvalue weighted by Crippen LogP contribution is -2.29. The van der Waals surface area contributed by atoms with Crippen LogP contribution in [0.4, 0.5) is 11.4 Å². The van der Waals surface area contributed by atoms with Crippen LogP contribution in [-0.2, 0) is 9.59 Å². The highest BCUT2D eigenvalue weighted by atomic mass is 16.5. The maximum Gasteiger partial charge on any atom is 0.314 e. The van der Waals surface area contributed by atoms with Crippen LogP contribution in [0.1, 0.15) is 6.92 Å². The van der Waals surface area contributed by atoms with Gasteiger partial charge < -0.3 is 15.4 Å². The number of aromatic nitrogens is 1. The number of ether oxygens (including phenoxy) is 1. The number of hydrogen-bond donors (Lipinski definition) is 2. The summed E-state index contributed by atoms with van der Waals surface area (Å²) in [5, 5.41) is 6.03. The molecule has 0 bridgehead atoms. The highest BCUT2D eigenvalue weighted by molar-refractivity contribution is 6.44. The summed E-state index contributed by atoms with van der Waals surface area (Å²) >= 11 is 0. The summed E-state index contributed by atoms with van der Waals surface area (Å²) in [5.74, 6) is -0.809. The molecular formula is C19H17N3O3. The molecule has 3 aromatic rings. The van der Waals surface area contributed by atoms with Gasteiger partial charge >= 0.3 is 11.8 Å². The van der Waals surface area contributed by atoms with Crippen LogP contribution in [0.5, 0.6) is 5.75 Å². The van der Waals surface area contributed by atoms with Crippen LogP contribution in [0.3, 0.4) is 0 Å². The molecule has 2 N–H and O–H groups in total. The van der Waals surface area contributed by atoms with Gasteiger partial charge in [-0.1, -0.05) is 18.2 Å². The van der Waals surface area contributed by atoms with Gasteiger partial charge in [0, 0.05) is 17.3 Å². The summed E-state index contributed by atoms with van der Waals surface area (Å²) in [7, 11) is 0. The number of rotatable bonds is 4. The van der Waals surface area contributed by atoms with Crippen LogP contribution in [0.15, 0.2) is 60.8 Å². The zero-order chi connectivity index (χ0) is 17.6. The van der Waals surface area contributed by atoms with Crippen LogP contribution in [-0.4, -0.2) is 23.4 Å². The average Bonchev–Trinajstić information content (AvgIpc) is 2.64. The minimum absolute atomic E-state index is 0.491. The van der Waals surface area contributed by atoms with E-state index in [-0.39, 0.29) is 0 Å². The number of fused-ring (bicyclic) bond motifs is 1. The van der Waals surface area contributed by atoms with Crippen molar-refractivity contribution in [3.05, 3.63) is 60.8 Å². The van der Waals surface area contributed by atoms with Crippen molar-refractivity contribution in [3.63, 3.8) is 0 Å². The quantitative estimate of drug-likeness (QED) is 0.718. The molecule has 1 heterocycles. The van der Waals surface area contributed by atoms with E-state index in [1.165, 1.54) is 0 Å². The Balaban J connectivity index is 1.69. The van der Waals surface area contributed by atoms with Crippen molar-refractivity contribution in [3.8, 4) is 5.75 Å². The highest BCUT2D eigenvalue weighted by Gasteiger charge is 2.15. The van der Waals surface area contributed by atoms with Crippen LogP contribution in [0.25, 0.3) is 10.9 Å². The van der Waals surface area contributed by atoms with Gasteiger partial charge in [-0.25, -0.2) is 0 Å². The lowest BCUT2D eigenvalue weighted by Gasteiger charge is -2.09. The topological polar surface area (TPSA) is 80.3 Å². The molecule has 0 fully saturated rings. The van der Waals surface area contributed by atoms with Gasteiger partial charge in [0.2, 0.25) is 0 Å². The molecule has 126 valence electrons. The Labute approximate surface area is 144 Å². The molecule has 3 rings (SSSR count). The van der Waals surface area contributed by atoms with Crippen LogP contribution >= 0.6 is 0 Å². The summed E-state index contributed by atoms with van der Waals surface area (Å²) in [6.45, 7) is 2.45. The number of pyridine rings is 1. The largest absolute Gasteiger partial charge is 0.494 e. The Kier molecular flexibility index (Phi) is 4.89. The summed E-state index contributed by atoms with van der Waals surface area (Å²) in [4.78, 5) is 28.5. The van der Waals surface area contributed by atoms with Gasteiger partial charge in [0.15, 0.2) is 0 Å². The second-order valence-electron chi connectivity index (χ2n) is 5.25. The minimum atomic E-state index is -0.757. The molecule has 0 atom stereocenters. The van der Waals surface area contributed by atoms with Gasteiger partial charge in [-0.3, -0.25) is 14.6 Å². The van der Waals surface area contributed by atoms with E-state index in [0.717, 1.165) is 5.39 Å². The predicted octanol–water partition coefficient (Wildman–Crippen LogP) is 3.21. The number of benzene rings is 2. The molecular weight excluding hydrogens is 318 g/mol. The van der Waals surface area contributed by atoms with Crippen LogP contribution in [0, 0.1) is 0 Å². The first kappa shape index (κ1) is 16.4. The minimum Gasteiger partial charge on any atom is -0.494 e. The standard InChI is InChI=1S/C19H17N3O3/c1-2-25-15-10-8-14(9-11-15)21-18(23)19(24)22-16-7-3-5-13-6-4-12-20-17(13)16/h3-12H,2H2,1H3,(H,21,23)(H,22,24). The second kappa shape index (κ2) is 7.44. The Hall–Kier alpha value is -3.41. The van der Waals surface area contributed by atoms with E-state index >= 15 is 0 Å². The van der Waals surface area contributed by atoms with Crippen LogP contribution < -0.4 is 15.4 Å².